The Kier molecular flexibility index (Phi) is 7.87. The highest BCUT2D eigenvalue weighted by atomic mass is 16.6. The maximum atomic E-state index is 13.1. The minimum Gasteiger partial charge on any atom is -0.438 e. The van der Waals surface area contributed by atoms with Crippen molar-refractivity contribution in [1.29, 1.82) is 0 Å². The van der Waals surface area contributed by atoms with E-state index in [0.717, 1.165) is 12.0 Å². The van der Waals surface area contributed by atoms with Crippen molar-refractivity contribution in [3.63, 3.8) is 0 Å². The number of rotatable bonds is 9. The van der Waals surface area contributed by atoms with E-state index in [1.165, 1.54) is 4.90 Å². The number of amides is 3. The number of carbonyl (C=O) groups is 3. The molecule has 0 spiro atoms. The Morgan fingerprint density at radius 1 is 1.09 bits per heavy atom. The van der Waals surface area contributed by atoms with Crippen molar-refractivity contribution >= 4 is 23.6 Å². The summed E-state index contributed by atoms with van der Waals surface area (Å²) in [6.07, 6.45) is -0.112. The van der Waals surface area contributed by atoms with Crippen LogP contribution in [0.1, 0.15) is 50.8 Å². The Balaban J connectivity index is 1.86. The van der Waals surface area contributed by atoms with Crippen molar-refractivity contribution in [1.82, 2.24) is 10.2 Å². The molecule has 1 aliphatic heterocycles. The van der Waals surface area contributed by atoms with Crippen molar-refractivity contribution in [2.45, 2.75) is 52.3 Å². The van der Waals surface area contributed by atoms with Gasteiger partial charge in [-0.25, -0.2) is 4.79 Å². The third-order valence-corrected chi connectivity index (χ3v) is 5.19. The fraction of sp³-hybridized carbons (Fsp3) is 0.400. The first-order valence-electron chi connectivity index (χ1n) is 11.1. The highest BCUT2D eigenvalue weighted by Gasteiger charge is 2.46. The van der Waals surface area contributed by atoms with Crippen LogP contribution in [0.25, 0.3) is 0 Å². The van der Waals surface area contributed by atoms with Gasteiger partial charge in [-0.2, -0.15) is 0 Å². The van der Waals surface area contributed by atoms with Crippen molar-refractivity contribution in [2.24, 2.45) is 5.92 Å². The van der Waals surface area contributed by atoms with Gasteiger partial charge in [0.1, 0.15) is 0 Å². The van der Waals surface area contributed by atoms with Gasteiger partial charge in [-0.15, -0.1) is 0 Å². The molecule has 3 rings (SSSR count). The zero-order chi connectivity index (χ0) is 23.1. The van der Waals surface area contributed by atoms with Gasteiger partial charge < -0.3 is 15.4 Å². The SMILES string of the molecule is CCCNC(=O)C1C(c2cccc(NC(=O)CC(C)C)c2)OC(=O)N1Cc1ccccc1. The number of ether oxygens (including phenoxy) is 1. The fourth-order valence-corrected chi connectivity index (χ4v) is 3.72. The molecule has 0 saturated carbocycles. The number of nitrogens with one attached hydrogen (secondary N) is 2. The second kappa shape index (κ2) is 10.8. The summed E-state index contributed by atoms with van der Waals surface area (Å²) in [5.74, 6) is -0.0939. The van der Waals surface area contributed by atoms with E-state index >= 15 is 0 Å². The minimum absolute atomic E-state index is 0.0801. The molecule has 2 N–H and O–H groups in total. The molecule has 1 fully saturated rings. The molecule has 2 aromatic carbocycles. The van der Waals surface area contributed by atoms with Gasteiger partial charge in [0.15, 0.2) is 12.1 Å². The lowest BCUT2D eigenvalue weighted by molar-refractivity contribution is -0.126. The predicted octanol–water partition coefficient (Wildman–Crippen LogP) is 4.26. The number of carbonyl (C=O) groups excluding carboxylic acids is 3. The van der Waals surface area contributed by atoms with Gasteiger partial charge in [0, 0.05) is 18.7 Å². The van der Waals surface area contributed by atoms with Gasteiger partial charge in [-0.3, -0.25) is 14.5 Å². The summed E-state index contributed by atoms with van der Waals surface area (Å²) in [7, 11) is 0. The molecule has 1 heterocycles. The van der Waals surface area contributed by atoms with E-state index in [0.29, 0.717) is 24.2 Å². The van der Waals surface area contributed by atoms with Gasteiger partial charge in [0.25, 0.3) is 0 Å². The average molecular weight is 438 g/mol. The standard InChI is InChI=1S/C25H31N3O4/c1-4-13-26-24(30)22-23(32-25(31)28(22)16-18-9-6-5-7-10-18)19-11-8-12-20(15-19)27-21(29)14-17(2)3/h5-12,15,17,22-23H,4,13-14,16H2,1-3H3,(H,26,30)(H,27,29). The summed E-state index contributed by atoms with van der Waals surface area (Å²) in [5, 5.41) is 5.78. The predicted molar refractivity (Wildman–Crippen MR) is 123 cm³/mol. The van der Waals surface area contributed by atoms with Gasteiger partial charge in [0.2, 0.25) is 11.8 Å². The van der Waals surface area contributed by atoms with Crippen LogP contribution in [0.4, 0.5) is 10.5 Å². The molecule has 0 aliphatic carbocycles. The maximum Gasteiger partial charge on any atom is 0.411 e. The Labute approximate surface area is 189 Å². The number of hydrogen-bond donors (Lipinski definition) is 2. The molecule has 1 saturated heterocycles. The second-order valence-corrected chi connectivity index (χ2v) is 8.43. The molecular weight excluding hydrogens is 406 g/mol. The van der Waals surface area contributed by atoms with Crippen LogP contribution >= 0.6 is 0 Å². The monoisotopic (exact) mass is 437 g/mol. The summed E-state index contributed by atoms with van der Waals surface area (Å²) < 4.78 is 5.68. The Hall–Kier alpha value is -3.35. The Bertz CT molecular complexity index is 945. The number of nitrogens with zero attached hydrogens (tertiary/aromatic N) is 1. The number of anilines is 1. The summed E-state index contributed by atoms with van der Waals surface area (Å²) in [4.78, 5) is 39.5. The lowest BCUT2D eigenvalue weighted by Crippen LogP contribution is -2.46. The summed E-state index contributed by atoms with van der Waals surface area (Å²) in [5.41, 5.74) is 2.18. The lowest BCUT2D eigenvalue weighted by Gasteiger charge is -2.24. The molecule has 0 radical (unpaired) electrons. The van der Waals surface area contributed by atoms with Crippen LogP contribution in [-0.2, 0) is 20.9 Å². The first kappa shape index (κ1) is 23.3. The zero-order valence-electron chi connectivity index (χ0n) is 18.8. The van der Waals surface area contributed by atoms with E-state index in [9.17, 15) is 14.4 Å². The third-order valence-electron chi connectivity index (χ3n) is 5.19. The van der Waals surface area contributed by atoms with Crippen LogP contribution in [-0.4, -0.2) is 35.4 Å². The first-order valence-corrected chi connectivity index (χ1v) is 11.1. The third kappa shape index (κ3) is 5.87. The topological polar surface area (TPSA) is 87.7 Å². The molecule has 0 aromatic heterocycles. The van der Waals surface area contributed by atoms with Gasteiger partial charge in [0.05, 0.1) is 6.54 Å². The van der Waals surface area contributed by atoms with E-state index in [-0.39, 0.29) is 24.3 Å². The van der Waals surface area contributed by atoms with Crippen LogP contribution in [0, 0.1) is 5.92 Å². The number of benzene rings is 2. The van der Waals surface area contributed by atoms with E-state index in [1.54, 1.807) is 18.2 Å². The maximum absolute atomic E-state index is 13.1. The van der Waals surface area contributed by atoms with E-state index in [1.807, 2.05) is 57.2 Å². The van der Waals surface area contributed by atoms with Crippen molar-refractivity contribution in [3.8, 4) is 0 Å². The van der Waals surface area contributed by atoms with Crippen molar-refractivity contribution < 1.29 is 19.1 Å². The molecule has 7 heteroatoms. The quantitative estimate of drug-likeness (QED) is 0.614. The zero-order valence-corrected chi connectivity index (χ0v) is 18.8. The van der Waals surface area contributed by atoms with Crippen LogP contribution in [0.2, 0.25) is 0 Å². The van der Waals surface area contributed by atoms with Crippen LogP contribution in [0.15, 0.2) is 54.6 Å². The summed E-state index contributed by atoms with van der Waals surface area (Å²) >= 11 is 0. The van der Waals surface area contributed by atoms with E-state index in [2.05, 4.69) is 10.6 Å². The molecule has 0 bridgehead atoms. The largest absolute Gasteiger partial charge is 0.438 e. The molecule has 32 heavy (non-hydrogen) atoms. The van der Waals surface area contributed by atoms with Gasteiger partial charge in [-0.1, -0.05) is 63.2 Å². The Morgan fingerprint density at radius 3 is 2.53 bits per heavy atom. The van der Waals surface area contributed by atoms with Crippen LogP contribution in [0.5, 0.6) is 0 Å². The van der Waals surface area contributed by atoms with Crippen molar-refractivity contribution in [3.05, 3.63) is 65.7 Å². The number of hydrogen-bond acceptors (Lipinski definition) is 4. The molecule has 2 atom stereocenters. The normalized spacial score (nSPS) is 17.9. The summed E-state index contributed by atoms with van der Waals surface area (Å²) in [6.45, 7) is 6.72. The van der Waals surface area contributed by atoms with Gasteiger partial charge >= 0.3 is 6.09 Å². The Morgan fingerprint density at radius 2 is 1.84 bits per heavy atom. The number of cyclic esters (lactones) is 1. The lowest BCUT2D eigenvalue weighted by atomic mass is 10.00. The molecule has 3 amide bonds. The van der Waals surface area contributed by atoms with Gasteiger partial charge in [-0.05, 0) is 35.6 Å². The first-order chi connectivity index (χ1) is 15.4. The van der Waals surface area contributed by atoms with E-state index in [4.69, 9.17) is 4.74 Å². The minimum atomic E-state index is -0.809. The summed E-state index contributed by atoms with van der Waals surface area (Å²) in [6, 6.07) is 15.8. The smallest absolute Gasteiger partial charge is 0.411 e. The van der Waals surface area contributed by atoms with Crippen LogP contribution in [0.3, 0.4) is 0 Å². The highest BCUT2D eigenvalue weighted by Crippen LogP contribution is 2.35. The molecular formula is C25H31N3O4. The molecule has 2 aromatic rings. The molecule has 7 nitrogen and oxygen atoms in total. The average Bonchev–Trinajstić information content (AvgIpc) is 3.08. The van der Waals surface area contributed by atoms with E-state index < -0.39 is 18.2 Å². The fourth-order valence-electron chi connectivity index (χ4n) is 3.72. The second-order valence-electron chi connectivity index (χ2n) is 8.43. The van der Waals surface area contributed by atoms with Crippen molar-refractivity contribution in [2.75, 3.05) is 11.9 Å². The molecule has 2 unspecified atom stereocenters. The van der Waals surface area contributed by atoms with Crippen LogP contribution < -0.4 is 10.6 Å². The molecule has 1 aliphatic rings. The molecule has 170 valence electrons. The highest BCUT2D eigenvalue weighted by molar-refractivity contribution is 5.91.